The second-order valence-corrected chi connectivity index (χ2v) is 7.74. The molecule has 1 amide bonds. The summed E-state index contributed by atoms with van der Waals surface area (Å²) in [5.74, 6) is 0.303. The lowest BCUT2D eigenvalue weighted by molar-refractivity contribution is -0.119. The number of amides is 1. The fraction of sp³-hybridized carbons (Fsp3) is 0.455. The summed E-state index contributed by atoms with van der Waals surface area (Å²) in [5, 5.41) is 5.30. The predicted octanol–water partition coefficient (Wildman–Crippen LogP) is 3.25. The molecular formula is C22H26N2O3. The Morgan fingerprint density at radius 1 is 1.26 bits per heavy atom. The van der Waals surface area contributed by atoms with Crippen molar-refractivity contribution in [2.45, 2.75) is 45.9 Å². The summed E-state index contributed by atoms with van der Waals surface area (Å²) in [4.78, 5) is 26.1. The van der Waals surface area contributed by atoms with E-state index in [1.165, 1.54) is 5.56 Å². The molecule has 5 nitrogen and oxygen atoms in total. The monoisotopic (exact) mass is 366 g/mol. The van der Waals surface area contributed by atoms with Crippen molar-refractivity contribution in [1.29, 1.82) is 0 Å². The first-order valence-corrected chi connectivity index (χ1v) is 9.77. The van der Waals surface area contributed by atoms with Crippen molar-refractivity contribution in [2.75, 3.05) is 13.1 Å². The van der Waals surface area contributed by atoms with E-state index in [9.17, 15) is 9.59 Å². The maximum Gasteiger partial charge on any atom is 0.339 e. The van der Waals surface area contributed by atoms with Crippen LogP contribution in [0.1, 0.15) is 48.2 Å². The minimum atomic E-state index is -0.236. The predicted molar refractivity (Wildman–Crippen MR) is 104 cm³/mol. The zero-order chi connectivity index (χ0) is 19.0. The van der Waals surface area contributed by atoms with Gasteiger partial charge in [-0.3, -0.25) is 9.69 Å². The van der Waals surface area contributed by atoms with Crippen LogP contribution in [0, 0.1) is 5.92 Å². The highest BCUT2D eigenvalue weighted by molar-refractivity contribution is 6.08. The number of rotatable bonds is 5. The molecule has 2 aliphatic heterocycles. The Bertz CT molecular complexity index is 893. The summed E-state index contributed by atoms with van der Waals surface area (Å²) in [6.07, 6.45) is 2.24. The third-order valence-electron chi connectivity index (χ3n) is 5.75. The van der Waals surface area contributed by atoms with E-state index < -0.39 is 0 Å². The Morgan fingerprint density at radius 2 is 2.11 bits per heavy atom. The highest BCUT2D eigenvalue weighted by Crippen LogP contribution is 2.32. The molecule has 0 radical (unpaired) electrons. The molecule has 1 fully saturated rings. The maximum atomic E-state index is 12.1. The van der Waals surface area contributed by atoms with E-state index >= 15 is 0 Å². The Labute approximate surface area is 159 Å². The minimum Gasteiger partial charge on any atom is -0.457 e. The summed E-state index contributed by atoms with van der Waals surface area (Å²) in [7, 11) is 0. The van der Waals surface area contributed by atoms with Crippen LogP contribution in [0.2, 0.25) is 0 Å². The molecule has 4 rings (SSSR count). The Kier molecular flexibility index (Phi) is 4.87. The zero-order valence-corrected chi connectivity index (χ0v) is 16.0. The first-order chi connectivity index (χ1) is 13.1. The van der Waals surface area contributed by atoms with Gasteiger partial charge < -0.3 is 10.1 Å². The van der Waals surface area contributed by atoms with Gasteiger partial charge in [-0.25, -0.2) is 4.79 Å². The minimum absolute atomic E-state index is 0.0445. The second-order valence-electron chi connectivity index (χ2n) is 7.74. The number of carbonyl (C=O) groups excluding carboxylic acids is 2. The van der Waals surface area contributed by atoms with E-state index in [1.807, 2.05) is 12.1 Å². The topological polar surface area (TPSA) is 58.6 Å². The summed E-state index contributed by atoms with van der Waals surface area (Å²) in [6, 6.07) is 10.3. The van der Waals surface area contributed by atoms with Crippen molar-refractivity contribution in [3.8, 4) is 0 Å². The molecule has 2 heterocycles. The third kappa shape index (κ3) is 3.44. The van der Waals surface area contributed by atoms with Gasteiger partial charge in [0.2, 0.25) is 5.91 Å². The molecule has 2 atom stereocenters. The molecule has 2 aromatic carbocycles. The third-order valence-corrected chi connectivity index (χ3v) is 5.75. The van der Waals surface area contributed by atoms with Gasteiger partial charge in [-0.05, 0) is 34.9 Å². The van der Waals surface area contributed by atoms with Gasteiger partial charge >= 0.3 is 5.97 Å². The average Bonchev–Trinajstić information content (AvgIpc) is 3.00. The number of hydrogen-bond donors (Lipinski definition) is 1. The maximum absolute atomic E-state index is 12.1. The number of nitrogens with zero attached hydrogens (tertiary/aromatic N) is 1. The van der Waals surface area contributed by atoms with E-state index in [0.29, 0.717) is 18.1 Å². The van der Waals surface area contributed by atoms with Crippen molar-refractivity contribution < 1.29 is 14.3 Å². The van der Waals surface area contributed by atoms with Crippen LogP contribution in [0.15, 0.2) is 30.3 Å². The van der Waals surface area contributed by atoms with E-state index in [2.05, 4.69) is 35.3 Å². The van der Waals surface area contributed by atoms with E-state index in [1.54, 1.807) is 6.92 Å². The van der Waals surface area contributed by atoms with E-state index in [0.717, 1.165) is 48.8 Å². The van der Waals surface area contributed by atoms with Crippen molar-refractivity contribution in [1.82, 2.24) is 10.2 Å². The van der Waals surface area contributed by atoms with Gasteiger partial charge in [-0.15, -0.1) is 0 Å². The summed E-state index contributed by atoms with van der Waals surface area (Å²) < 4.78 is 5.27. The number of nitrogens with one attached hydrogen (secondary N) is 1. The van der Waals surface area contributed by atoms with Crippen molar-refractivity contribution >= 4 is 22.6 Å². The molecule has 2 aromatic rings. The van der Waals surface area contributed by atoms with Gasteiger partial charge in [0, 0.05) is 38.0 Å². The average molecular weight is 366 g/mol. The number of hydrogen-bond acceptors (Lipinski definition) is 4. The Morgan fingerprint density at radius 3 is 2.89 bits per heavy atom. The number of cyclic esters (lactones) is 1. The quantitative estimate of drug-likeness (QED) is 0.826. The van der Waals surface area contributed by atoms with Crippen LogP contribution in [-0.2, 0) is 22.7 Å². The Balaban J connectivity index is 1.61. The standard InChI is InChI=1S/C22H26N2O3/c1-3-5-16-11-24(12-20(16)23-14(2)25)10-15-8-9-17-13-27-22(26)19-7-4-6-18(15)21(17)19/h4,6-9,16,20H,3,5,10-13H2,1-2H3,(H,23,25)/t16-,20-/m1/s1. The molecule has 142 valence electrons. The van der Waals surface area contributed by atoms with Gasteiger partial charge in [0.05, 0.1) is 5.56 Å². The van der Waals surface area contributed by atoms with E-state index in [-0.39, 0.29) is 17.9 Å². The van der Waals surface area contributed by atoms with Gasteiger partial charge in [-0.2, -0.15) is 0 Å². The SMILES string of the molecule is CCC[C@@H]1CN(Cc2ccc3c4c(cccc24)C(=O)OC3)C[C@H]1NC(C)=O. The van der Waals surface area contributed by atoms with Crippen LogP contribution in [0.25, 0.3) is 10.8 Å². The van der Waals surface area contributed by atoms with Crippen LogP contribution in [0.5, 0.6) is 0 Å². The van der Waals surface area contributed by atoms with Crippen molar-refractivity contribution in [2.24, 2.45) is 5.92 Å². The van der Waals surface area contributed by atoms with Crippen molar-refractivity contribution in [3.63, 3.8) is 0 Å². The highest BCUT2D eigenvalue weighted by atomic mass is 16.5. The Hall–Kier alpha value is -2.40. The van der Waals surface area contributed by atoms with Gasteiger partial charge in [-0.1, -0.05) is 37.6 Å². The summed E-state index contributed by atoms with van der Waals surface area (Å²) >= 11 is 0. The molecule has 0 bridgehead atoms. The normalized spacial score (nSPS) is 22.1. The number of carbonyl (C=O) groups is 2. The fourth-order valence-electron chi connectivity index (χ4n) is 4.61. The molecule has 0 aliphatic carbocycles. The van der Waals surface area contributed by atoms with Gasteiger partial charge in [0.25, 0.3) is 0 Å². The molecule has 0 spiro atoms. The van der Waals surface area contributed by atoms with E-state index in [4.69, 9.17) is 4.74 Å². The molecule has 1 saturated heterocycles. The van der Waals surface area contributed by atoms with Gasteiger partial charge in [0.15, 0.2) is 0 Å². The second kappa shape index (κ2) is 7.31. The lowest BCUT2D eigenvalue weighted by Crippen LogP contribution is -2.39. The molecular weight excluding hydrogens is 340 g/mol. The lowest BCUT2D eigenvalue weighted by Gasteiger charge is -2.21. The smallest absolute Gasteiger partial charge is 0.339 e. The first kappa shape index (κ1) is 18.0. The number of likely N-dealkylation sites (tertiary alicyclic amines) is 1. The highest BCUT2D eigenvalue weighted by Gasteiger charge is 2.33. The van der Waals surface area contributed by atoms with Crippen LogP contribution in [0.4, 0.5) is 0 Å². The van der Waals surface area contributed by atoms with Crippen molar-refractivity contribution in [3.05, 3.63) is 47.0 Å². The largest absolute Gasteiger partial charge is 0.457 e. The first-order valence-electron chi connectivity index (χ1n) is 9.77. The molecule has 0 unspecified atom stereocenters. The molecule has 0 saturated carbocycles. The van der Waals surface area contributed by atoms with Crippen LogP contribution < -0.4 is 5.32 Å². The molecule has 0 aromatic heterocycles. The molecule has 1 N–H and O–H groups in total. The molecule has 27 heavy (non-hydrogen) atoms. The number of esters is 1. The van der Waals surface area contributed by atoms with Gasteiger partial charge in [0.1, 0.15) is 6.61 Å². The summed E-state index contributed by atoms with van der Waals surface area (Å²) in [6.45, 7) is 6.82. The fourth-order valence-corrected chi connectivity index (χ4v) is 4.61. The number of ether oxygens (including phenoxy) is 1. The van der Waals surface area contributed by atoms with Crippen LogP contribution in [-0.4, -0.2) is 35.9 Å². The number of benzene rings is 2. The molecule has 5 heteroatoms. The van der Waals surface area contributed by atoms with Crippen LogP contribution >= 0.6 is 0 Å². The van der Waals surface area contributed by atoms with Crippen LogP contribution in [0.3, 0.4) is 0 Å². The summed E-state index contributed by atoms with van der Waals surface area (Å²) in [5.41, 5.74) is 2.96. The lowest BCUT2D eigenvalue weighted by atomic mass is 9.94. The zero-order valence-electron chi connectivity index (χ0n) is 16.0. The molecule has 2 aliphatic rings.